The Kier molecular flexibility index (Phi) is 4.83. The predicted molar refractivity (Wildman–Crippen MR) is 92.0 cm³/mol. The summed E-state index contributed by atoms with van der Waals surface area (Å²) in [4.78, 5) is 2.34. The number of aryl methyl sites for hydroxylation is 1. The van der Waals surface area contributed by atoms with Gasteiger partial charge in [0.2, 0.25) is 0 Å². The van der Waals surface area contributed by atoms with Crippen molar-refractivity contribution in [3.63, 3.8) is 0 Å². The third-order valence-corrected chi connectivity index (χ3v) is 3.81. The van der Waals surface area contributed by atoms with Crippen molar-refractivity contribution in [2.75, 3.05) is 25.4 Å². The Bertz CT molecular complexity index is 683. The number of anilines is 1. The van der Waals surface area contributed by atoms with E-state index >= 15 is 0 Å². The summed E-state index contributed by atoms with van der Waals surface area (Å²) in [5, 5.41) is 0. The molecule has 1 aliphatic heterocycles. The lowest BCUT2D eigenvalue weighted by atomic mass is 10.2. The van der Waals surface area contributed by atoms with Gasteiger partial charge < -0.3 is 15.2 Å². The van der Waals surface area contributed by atoms with Gasteiger partial charge >= 0.3 is 0 Å². The fourth-order valence-electron chi connectivity index (χ4n) is 2.57. The van der Waals surface area contributed by atoms with Crippen molar-refractivity contribution in [1.29, 1.82) is 0 Å². The molecule has 4 heteroatoms. The number of benzene rings is 2. The number of nitrogens with two attached hydrogens (primary N) is 1. The Hall–Kier alpha value is -2.46. The molecule has 0 unspecified atom stereocenters. The molecule has 1 heterocycles. The number of morpholine rings is 1. The average Bonchev–Trinajstić information content (AvgIpc) is 2.57. The Morgan fingerprint density at radius 2 is 2.04 bits per heavy atom. The summed E-state index contributed by atoms with van der Waals surface area (Å²) in [6.45, 7) is 5.25. The van der Waals surface area contributed by atoms with Crippen molar-refractivity contribution >= 4 is 5.69 Å². The summed E-state index contributed by atoms with van der Waals surface area (Å²) in [5.41, 5.74) is 8.98. The van der Waals surface area contributed by atoms with Crippen LogP contribution >= 0.6 is 0 Å². The maximum Gasteiger partial charge on any atom is 0.149 e. The van der Waals surface area contributed by atoms with Gasteiger partial charge in [0.25, 0.3) is 0 Å². The van der Waals surface area contributed by atoms with Crippen LogP contribution in [0.25, 0.3) is 0 Å². The minimum Gasteiger partial charge on any atom is -0.492 e. The summed E-state index contributed by atoms with van der Waals surface area (Å²) in [7, 11) is 0. The fourth-order valence-corrected chi connectivity index (χ4v) is 2.57. The van der Waals surface area contributed by atoms with Crippen molar-refractivity contribution in [2.24, 2.45) is 0 Å². The van der Waals surface area contributed by atoms with E-state index in [0.29, 0.717) is 18.0 Å². The van der Waals surface area contributed by atoms with Crippen molar-refractivity contribution in [1.82, 2.24) is 4.90 Å². The SMILES string of the molecule is Cc1ccc(N)c(OC=C2CN(Cc3ccccc3)CCO2)c1. The molecule has 3 rings (SSSR count). The molecule has 2 N–H and O–H groups in total. The fraction of sp³-hybridized carbons (Fsp3) is 0.263. The van der Waals surface area contributed by atoms with E-state index < -0.39 is 0 Å². The van der Waals surface area contributed by atoms with Gasteiger partial charge in [0.05, 0.1) is 12.2 Å². The lowest BCUT2D eigenvalue weighted by Gasteiger charge is -2.28. The first-order valence-corrected chi connectivity index (χ1v) is 7.81. The number of hydrogen-bond acceptors (Lipinski definition) is 4. The Labute approximate surface area is 137 Å². The van der Waals surface area contributed by atoms with E-state index in [1.54, 1.807) is 6.26 Å². The predicted octanol–water partition coefficient (Wildman–Crippen LogP) is 3.33. The van der Waals surface area contributed by atoms with E-state index in [2.05, 4.69) is 29.2 Å². The van der Waals surface area contributed by atoms with Crippen LogP contribution in [-0.4, -0.2) is 24.6 Å². The van der Waals surface area contributed by atoms with E-state index in [4.69, 9.17) is 15.2 Å². The van der Waals surface area contributed by atoms with E-state index in [1.807, 2.05) is 31.2 Å². The van der Waals surface area contributed by atoms with Gasteiger partial charge in [-0.25, -0.2) is 0 Å². The van der Waals surface area contributed by atoms with Gasteiger partial charge in [-0.3, -0.25) is 4.90 Å². The van der Waals surface area contributed by atoms with Gasteiger partial charge in [-0.05, 0) is 30.2 Å². The van der Waals surface area contributed by atoms with Crippen LogP contribution in [-0.2, 0) is 11.3 Å². The molecule has 2 aromatic carbocycles. The van der Waals surface area contributed by atoms with Crippen LogP contribution in [0.5, 0.6) is 5.75 Å². The normalized spacial score (nSPS) is 17.0. The maximum atomic E-state index is 5.93. The molecule has 0 radical (unpaired) electrons. The summed E-state index contributed by atoms with van der Waals surface area (Å²) < 4.78 is 11.4. The van der Waals surface area contributed by atoms with Gasteiger partial charge in [0, 0.05) is 13.1 Å². The van der Waals surface area contributed by atoms with Gasteiger partial charge in [-0.1, -0.05) is 36.4 Å². The number of rotatable bonds is 4. The minimum absolute atomic E-state index is 0.629. The Balaban J connectivity index is 1.62. The topological polar surface area (TPSA) is 47.7 Å². The highest BCUT2D eigenvalue weighted by atomic mass is 16.5. The van der Waals surface area contributed by atoms with Crippen LogP contribution in [0.4, 0.5) is 5.69 Å². The average molecular weight is 310 g/mol. The summed E-state index contributed by atoms with van der Waals surface area (Å²) >= 11 is 0. The van der Waals surface area contributed by atoms with E-state index in [0.717, 1.165) is 31.0 Å². The lowest BCUT2D eigenvalue weighted by Crippen LogP contribution is -2.34. The van der Waals surface area contributed by atoms with E-state index in [9.17, 15) is 0 Å². The van der Waals surface area contributed by atoms with Crippen molar-refractivity contribution < 1.29 is 9.47 Å². The highest BCUT2D eigenvalue weighted by molar-refractivity contribution is 5.54. The van der Waals surface area contributed by atoms with Crippen LogP contribution in [0.3, 0.4) is 0 Å². The number of hydrogen-bond donors (Lipinski definition) is 1. The summed E-state index contributed by atoms with van der Waals surface area (Å²) in [5.74, 6) is 1.49. The first-order chi connectivity index (χ1) is 11.2. The Morgan fingerprint density at radius 3 is 2.87 bits per heavy atom. The van der Waals surface area contributed by atoms with Gasteiger partial charge in [-0.15, -0.1) is 0 Å². The molecular weight excluding hydrogens is 288 g/mol. The van der Waals surface area contributed by atoms with Crippen molar-refractivity contribution in [2.45, 2.75) is 13.5 Å². The minimum atomic E-state index is 0.629. The van der Waals surface area contributed by atoms with Crippen molar-refractivity contribution in [3.8, 4) is 5.75 Å². The summed E-state index contributed by atoms with van der Waals surface area (Å²) in [6, 6.07) is 16.2. The van der Waals surface area contributed by atoms with E-state index in [1.165, 1.54) is 5.56 Å². The number of nitrogens with zero attached hydrogens (tertiary/aromatic N) is 1. The second-order valence-electron chi connectivity index (χ2n) is 5.79. The third-order valence-electron chi connectivity index (χ3n) is 3.81. The first kappa shape index (κ1) is 15.4. The van der Waals surface area contributed by atoms with Gasteiger partial charge in [0.15, 0.2) is 0 Å². The van der Waals surface area contributed by atoms with Crippen LogP contribution in [0.15, 0.2) is 60.6 Å². The van der Waals surface area contributed by atoms with E-state index in [-0.39, 0.29) is 0 Å². The molecule has 4 nitrogen and oxygen atoms in total. The highest BCUT2D eigenvalue weighted by Crippen LogP contribution is 2.23. The molecule has 0 aromatic heterocycles. The zero-order valence-electron chi connectivity index (χ0n) is 13.4. The highest BCUT2D eigenvalue weighted by Gasteiger charge is 2.16. The molecule has 0 atom stereocenters. The summed E-state index contributed by atoms with van der Waals surface area (Å²) in [6.07, 6.45) is 1.67. The number of nitrogen functional groups attached to an aromatic ring is 1. The standard InChI is InChI=1S/C19H22N2O2/c1-15-7-8-18(20)19(11-15)23-14-17-13-21(9-10-22-17)12-16-5-3-2-4-6-16/h2-8,11,14H,9-10,12-13,20H2,1H3. The monoisotopic (exact) mass is 310 g/mol. The van der Waals surface area contributed by atoms with Crippen LogP contribution in [0.2, 0.25) is 0 Å². The molecule has 120 valence electrons. The maximum absolute atomic E-state index is 5.93. The lowest BCUT2D eigenvalue weighted by molar-refractivity contribution is 0.0843. The molecule has 1 fully saturated rings. The molecule has 1 aliphatic rings. The molecule has 0 aliphatic carbocycles. The molecule has 0 amide bonds. The van der Waals surface area contributed by atoms with Crippen molar-refractivity contribution in [3.05, 3.63) is 71.7 Å². The quantitative estimate of drug-likeness (QED) is 0.695. The zero-order valence-corrected chi connectivity index (χ0v) is 13.4. The molecule has 0 saturated carbocycles. The first-order valence-electron chi connectivity index (χ1n) is 7.81. The molecule has 0 bridgehead atoms. The Morgan fingerprint density at radius 1 is 1.22 bits per heavy atom. The third kappa shape index (κ3) is 4.27. The molecule has 23 heavy (non-hydrogen) atoms. The van der Waals surface area contributed by atoms with Gasteiger partial charge in [-0.2, -0.15) is 0 Å². The zero-order chi connectivity index (χ0) is 16.1. The van der Waals surface area contributed by atoms with Gasteiger partial charge in [0.1, 0.15) is 24.4 Å². The van der Waals surface area contributed by atoms with Crippen LogP contribution < -0.4 is 10.5 Å². The smallest absolute Gasteiger partial charge is 0.149 e. The second-order valence-corrected chi connectivity index (χ2v) is 5.79. The second kappa shape index (κ2) is 7.20. The molecule has 2 aromatic rings. The largest absolute Gasteiger partial charge is 0.492 e. The molecule has 1 saturated heterocycles. The molecule has 0 spiro atoms. The van der Waals surface area contributed by atoms with Crippen LogP contribution in [0, 0.1) is 6.92 Å². The molecular formula is C19H22N2O2. The van der Waals surface area contributed by atoms with Crippen LogP contribution in [0.1, 0.15) is 11.1 Å². The number of ether oxygens (including phenoxy) is 2.